The third-order valence-corrected chi connectivity index (χ3v) is 2.63. The number of hydrogen-bond donors (Lipinski definition) is 2. The first-order chi connectivity index (χ1) is 8.29. The van der Waals surface area contributed by atoms with Gasteiger partial charge in [-0.2, -0.15) is 0 Å². The summed E-state index contributed by atoms with van der Waals surface area (Å²) < 4.78 is 5.18. The molecule has 0 atom stereocenters. The van der Waals surface area contributed by atoms with Crippen LogP contribution in [0, 0.1) is 0 Å². The zero-order chi connectivity index (χ0) is 13.8. The lowest BCUT2D eigenvalue weighted by atomic mass is 9.96. The Balaban J connectivity index is 2.56. The Bertz CT molecular complexity index is 367. The highest BCUT2D eigenvalue weighted by Gasteiger charge is 2.19. The fraction of sp³-hybridized carbons (Fsp3) is 0.692. The lowest BCUT2D eigenvalue weighted by Crippen LogP contribution is -2.33. The fourth-order valence-electron chi connectivity index (χ4n) is 1.93. The molecular formula is C13H22N2O3. The second kappa shape index (κ2) is 5.89. The predicted octanol–water partition coefficient (Wildman–Crippen LogP) is 1.23. The summed E-state index contributed by atoms with van der Waals surface area (Å²) in [6.07, 6.45) is 3.43. The summed E-state index contributed by atoms with van der Waals surface area (Å²) in [5, 5.41) is 2.98. The molecule has 1 aliphatic rings. The van der Waals surface area contributed by atoms with Gasteiger partial charge in [0.25, 0.3) is 0 Å². The van der Waals surface area contributed by atoms with Gasteiger partial charge in [0.1, 0.15) is 12.1 Å². The van der Waals surface area contributed by atoms with Crippen LogP contribution < -0.4 is 11.1 Å². The summed E-state index contributed by atoms with van der Waals surface area (Å²) >= 11 is 0. The van der Waals surface area contributed by atoms with Crippen LogP contribution in [-0.2, 0) is 14.3 Å². The maximum Gasteiger partial charge on any atom is 0.325 e. The largest absolute Gasteiger partial charge is 0.459 e. The van der Waals surface area contributed by atoms with E-state index < -0.39 is 11.5 Å². The van der Waals surface area contributed by atoms with Crippen molar-refractivity contribution < 1.29 is 14.3 Å². The van der Waals surface area contributed by atoms with Crippen LogP contribution in [0.4, 0.5) is 0 Å². The van der Waals surface area contributed by atoms with Gasteiger partial charge < -0.3 is 15.8 Å². The Kier molecular flexibility index (Phi) is 4.76. The van der Waals surface area contributed by atoms with Crippen molar-refractivity contribution >= 4 is 11.9 Å². The van der Waals surface area contributed by atoms with Gasteiger partial charge in [-0.25, -0.2) is 0 Å². The smallest absolute Gasteiger partial charge is 0.325 e. The molecule has 1 aliphatic carbocycles. The minimum absolute atomic E-state index is 0.0728. The number of nitrogens with two attached hydrogens (primary N) is 1. The van der Waals surface area contributed by atoms with E-state index in [0.717, 1.165) is 25.0 Å². The fourth-order valence-corrected chi connectivity index (χ4v) is 1.93. The van der Waals surface area contributed by atoms with Crippen LogP contribution in [0.1, 0.15) is 46.5 Å². The van der Waals surface area contributed by atoms with Crippen LogP contribution in [0.3, 0.4) is 0 Å². The van der Waals surface area contributed by atoms with Gasteiger partial charge in [-0.15, -0.1) is 0 Å². The van der Waals surface area contributed by atoms with Crippen molar-refractivity contribution in [3.63, 3.8) is 0 Å². The van der Waals surface area contributed by atoms with Gasteiger partial charge in [0, 0.05) is 11.3 Å². The number of amides is 1. The van der Waals surface area contributed by atoms with Crippen molar-refractivity contribution in [1.82, 2.24) is 5.32 Å². The molecule has 0 saturated heterocycles. The van der Waals surface area contributed by atoms with Gasteiger partial charge in [-0.3, -0.25) is 9.59 Å². The van der Waals surface area contributed by atoms with Gasteiger partial charge in [-0.05, 0) is 46.5 Å². The van der Waals surface area contributed by atoms with Crippen LogP contribution in [0.5, 0.6) is 0 Å². The number of nitrogens with one attached hydrogen (secondary N) is 1. The Morgan fingerprint density at radius 3 is 2.44 bits per heavy atom. The molecule has 0 aromatic heterocycles. The molecule has 0 spiro atoms. The number of esters is 1. The van der Waals surface area contributed by atoms with E-state index in [2.05, 4.69) is 5.32 Å². The molecule has 0 fully saturated rings. The topological polar surface area (TPSA) is 81.4 Å². The standard InChI is InChI=1S/C13H22N2O3/c1-13(2,3)18-11(16)8-15-10-7-5-4-6-9(10)12(14)17/h15H,4-8H2,1-3H3,(H2,14,17). The third-order valence-electron chi connectivity index (χ3n) is 2.63. The minimum atomic E-state index is -0.494. The molecule has 0 aliphatic heterocycles. The van der Waals surface area contributed by atoms with E-state index in [0.29, 0.717) is 12.0 Å². The molecule has 1 rings (SSSR count). The lowest BCUT2D eigenvalue weighted by Gasteiger charge is -2.22. The van der Waals surface area contributed by atoms with E-state index in [4.69, 9.17) is 10.5 Å². The molecule has 0 heterocycles. The Hall–Kier alpha value is -1.52. The van der Waals surface area contributed by atoms with Crippen molar-refractivity contribution in [3.05, 3.63) is 11.3 Å². The summed E-state index contributed by atoms with van der Waals surface area (Å²) in [6.45, 7) is 5.53. The Morgan fingerprint density at radius 2 is 1.89 bits per heavy atom. The zero-order valence-corrected chi connectivity index (χ0v) is 11.3. The van der Waals surface area contributed by atoms with Crippen molar-refractivity contribution in [2.45, 2.75) is 52.1 Å². The van der Waals surface area contributed by atoms with E-state index in [1.54, 1.807) is 0 Å². The summed E-state index contributed by atoms with van der Waals surface area (Å²) in [6, 6.07) is 0. The van der Waals surface area contributed by atoms with Gasteiger partial charge in [-0.1, -0.05) is 0 Å². The minimum Gasteiger partial charge on any atom is -0.459 e. The summed E-state index contributed by atoms with van der Waals surface area (Å²) in [7, 11) is 0. The number of hydrogen-bond acceptors (Lipinski definition) is 4. The average molecular weight is 254 g/mol. The summed E-state index contributed by atoms with van der Waals surface area (Å²) in [4.78, 5) is 22.8. The number of carbonyl (C=O) groups is 2. The molecule has 18 heavy (non-hydrogen) atoms. The Labute approximate surface area is 108 Å². The van der Waals surface area contributed by atoms with E-state index >= 15 is 0 Å². The first-order valence-electron chi connectivity index (χ1n) is 6.27. The van der Waals surface area contributed by atoms with Crippen LogP contribution in [0.2, 0.25) is 0 Å². The number of ether oxygens (including phenoxy) is 1. The monoisotopic (exact) mass is 254 g/mol. The highest BCUT2D eigenvalue weighted by molar-refractivity contribution is 5.92. The number of allylic oxidation sites excluding steroid dienone is 1. The second-order valence-corrected chi connectivity index (χ2v) is 5.47. The molecular weight excluding hydrogens is 232 g/mol. The molecule has 3 N–H and O–H groups in total. The van der Waals surface area contributed by atoms with E-state index in [1.807, 2.05) is 20.8 Å². The molecule has 5 nitrogen and oxygen atoms in total. The SMILES string of the molecule is CC(C)(C)OC(=O)CNC1=C(C(N)=O)CCCC1. The Morgan fingerprint density at radius 1 is 1.28 bits per heavy atom. The van der Waals surface area contributed by atoms with E-state index in [1.165, 1.54) is 0 Å². The summed E-state index contributed by atoms with van der Waals surface area (Å²) in [5.41, 5.74) is 6.23. The van der Waals surface area contributed by atoms with Crippen LogP contribution in [0.15, 0.2) is 11.3 Å². The highest BCUT2D eigenvalue weighted by Crippen LogP contribution is 2.22. The quantitative estimate of drug-likeness (QED) is 0.739. The molecule has 0 saturated carbocycles. The van der Waals surface area contributed by atoms with Crippen LogP contribution >= 0.6 is 0 Å². The van der Waals surface area contributed by atoms with E-state index in [-0.39, 0.29) is 12.5 Å². The van der Waals surface area contributed by atoms with Gasteiger partial charge >= 0.3 is 5.97 Å². The molecule has 0 bridgehead atoms. The predicted molar refractivity (Wildman–Crippen MR) is 68.5 cm³/mol. The van der Waals surface area contributed by atoms with Gasteiger partial charge in [0.15, 0.2) is 0 Å². The molecule has 1 amide bonds. The van der Waals surface area contributed by atoms with Crippen molar-refractivity contribution in [3.8, 4) is 0 Å². The first-order valence-corrected chi connectivity index (χ1v) is 6.27. The second-order valence-electron chi connectivity index (χ2n) is 5.47. The molecule has 0 unspecified atom stereocenters. The number of carbonyl (C=O) groups excluding carboxylic acids is 2. The molecule has 0 radical (unpaired) electrons. The lowest BCUT2D eigenvalue weighted by molar-refractivity contribution is -0.153. The number of rotatable bonds is 4. The highest BCUT2D eigenvalue weighted by atomic mass is 16.6. The number of primary amides is 1. The normalized spacial score (nSPS) is 16.4. The maximum atomic E-state index is 11.6. The van der Waals surface area contributed by atoms with Gasteiger partial charge in [0.05, 0.1) is 0 Å². The third kappa shape index (κ3) is 4.77. The van der Waals surface area contributed by atoms with Crippen molar-refractivity contribution in [1.29, 1.82) is 0 Å². The zero-order valence-electron chi connectivity index (χ0n) is 11.3. The van der Waals surface area contributed by atoms with Crippen LogP contribution in [-0.4, -0.2) is 24.0 Å². The maximum absolute atomic E-state index is 11.6. The molecule has 0 aromatic rings. The average Bonchev–Trinajstić information content (AvgIpc) is 2.24. The first kappa shape index (κ1) is 14.5. The summed E-state index contributed by atoms with van der Waals surface area (Å²) in [5.74, 6) is -0.731. The van der Waals surface area contributed by atoms with E-state index in [9.17, 15) is 9.59 Å². The molecule has 5 heteroatoms. The molecule has 0 aromatic carbocycles. The van der Waals surface area contributed by atoms with Crippen molar-refractivity contribution in [2.24, 2.45) is 5.73 Å². The van der Waals surface area contributed by atoms with Crippen LogP contribution in [0.25, 0.3) is 0 Å². The van der Waals surface area contributed by atoms with Crippen molar-refractivity contribution in [2.75, 3.05) is 6.54 Å². The van der Waals surface area contributed by atoms with Gasteiger partial charge in [0.2, 0.25) is 5.91 Å². The molecule has 102 valence electrons.